The van der Waals surface area contributed by atoms with E-state index in [4.69, 9.17) is 16.3 Å². The lowest BCUT2D eigenvalue weighted by Crippen LogP contribution is -2.48. The average molecular weight is 335 g/mol. The number of ether oxygens (including phenoxy) is 1. The molecule has 0 radical (unpaired) electrons. The molecule has 1 fully saturated rings. The topological polar surface area (TPSA) is 89.8 Å². The quantitative estimate of drug-likeness (QED) is 0.623. The largest absolute Gasteiger partial charge is 0.373 e. The molecule has 0 N–H and O–H groups in total. The van der Waals surface area contributed by atoms with Gasteiger partial charge < -0.3 is 4.74 Å². The van der Waals surface area contributed by atoms with E-state index in [0.717, 1.165) is 6.07 Å². The molecule has 0 saturated carbocycles. The van der Waals surface area contributed by atoms with Gasteiger partial charge in [-0.3, -0.25) is 10.1 Å². The fourth-order valence-corrected chi connectivity index (χ4v) is 4.35. The molecule has 1 heterocycles. The van der Waals surface area contributed by atoms with Crippen LogP contribution in [0.4, 0.5) is 5.69 Å². The fourth-order valence-electron chi connectivity index (χ4n) is 2.27. The van der Waals surface area contributed by atoms with E-state index in [1.807, 2.05) is 0 Å². The van der Waals surface area contributed by atoms with Gasteiger partial charge in [-0.2, -0.15) is 4.31 Å². The Balaban J connectivity index is 2.44. The molecule has 1 aromatic carbocycles. The Morgan fingerprint density at radius 1 is 1.33 bits per heavy atom. The first-order valence-electron chi connectivity index (χ1n) is 6.31. The van der Waals surface area contributed by atoms with Gasteiger partial charge in [-0.15, -0.1) is 0 Å². The summed E-state index contributed by atoms with van der Waals surface area (Å²) in [5.74, 6) is 0. The molecule has 0 aliphatic carbocycles. The number of nitrogens with zero attached hydrogens (tertiary/aromatic N) is 2. The Kier molecular flexibility index (Phi) is 4.52. The van der Waals surface area contributed by atoms with Gasteiger partial charge in [0.05, 0.1) is 22.2 Å². The van der Waals surface area contributed by atoms with Crippen LogP contribution in [-0.4, -0.2) is 42.9 Å². The maximum Gasteiger partial charge on any atom is 0.270 e. The van der Waals surface area contributed by atoms with Crippen molar-refractivity contribution in [3.05, 3.63) is 33.3 Å². The lowest BCUT2D eigenvalue weighted by molar-refractivity contribution is -0.385. The second-order valence-corrected chi connectivity index (χ2v) is 7.26. The zero-order chi connectivity index (χ0) is 15.8. The third kappa shape index (κ3) is 3.34. The van der Waals surface area contributed by atoms with Gasteiger partial charge >= 0.3 is 0 Å². The van der Waals surface area contributed by atoms with Crippen LogP contribution < -0.4 is 0 Å². The van der Waals surface area contributed by atoms with Crippen molar-refractivity contribution in [3.8, 4) is 0 Å². The van der Waals surface area contributed by atoms with Gasteiger partial charge in [0, 0.05) is 25.2 Å². The number of nitro benzene ring substituents is 1. The first-order chi connectivity index (χ1) is 9.71. The van der Waals surface area contributed by atoms with Gasteiger partial charge in [0.2, 0.25) is 10.0 Å². The first kappa shape index (κ1) is 16.2. The van der Waals surface area contributed by atoms with E-state index < -0.39 is 14.9 Å². The summed E-state index contributed by atoms with van der Waals surface area (Å²) in [6, 6.07) is 3.38. The minimum absolute atomic E-state index is 0.0348. The lowest BCUT2D eigenvalue weighted by Gasteiger charge is -2.34. The minimum Gasteiger partial charge on any atom is -0.373 e. The minimum atomic E-state index is -3.90. The molecule has 1 aliphatic rings. The predicted molar refractivity (Wildman–Crippen MR) is 76.9 cm³/mol. The zero-order valence-electron chi connectivity index (χ0n) is 11.5. The molecule has 9 heteroatoms. The van der Waals surface area contributed by atoms with Crippen LogP contribution in [-0.2, 0) is 14.8 Å². The van der Waals surface area contributed by atoms with Crippen LogP contribution in [0.3, 0.4) is 0 Å². The standard InChI is InChI=1S/C12H15ClN2O5S/c1-8-6-14(7-9(2)20-8)21(18,19)12-5-10(15(16)17)3-4-11(12)13/h3-5,8-9H,6-7H2,1-2H3/t8-,9-/m1/s1. The van der Waals surface area contributed by atoms with E-state index in [2.05, 4.69) is 0 Å². The highest BCUT2D eigenvalue weighted by molar-refractivity contribution is 7.89. The molecule has 0 amide bonds. The van der Waals surface area contributed by atoms with Gasteiger partial charge in [0.25, 0.3) is 5.69 Å². The van der Waals surface area contributed by atoms with E-state index in [1.54, 1.807) is 13.8 Å². The summed E-state index contributed by atoms with van der Waals surface area (Å²) in [4.78, 5) is 9.90. The van der Waals surface area contributed by atoms with Crippen molar-refractivity contribution in [1.29, 1.82) is 0 Å². The molecule has 1 aliphatic heterocycles. The van der Waals surface area contributed by atoms with Crippen LogP contribution in [0.1, 0.15) is 13.8 Å². The number of rotatable bonds is 3. The summed E-state index contributed by atoms with van der Waals surface area (Å²) in [6.45, 7) is 3.91. The number of benzene rings is 1. The Morgan fingerprint density at radius 2 is 1.90 bits per heavy atom. The van der Waals surface area contributed by atoms with Gasteiger partial charge in [-0.1, -0.05) is 11.6 Å². The van der Waals surface area contributed by atoms with Crippen LogP contribution >= 0.6 is 11.6 Å². The Labute approximate surface area is 127 Å². The molecular formula is C12H15ClN2O5S. The van der Waals surface area contributed by atoms with Crippen LogP contribution in [0.5, 0.6) is 0 Å². The summed E-state index contributed by atoms with van der Waals surface area (Å²) >= 11 is 5.92. The highest BCUT2D eigenvalue weighted by atomic mass is 35.5. The summed E-state index contributed by atoms with van der Waals surface area (Å²) < 4.78 is 32.0. The molecule has 116 valence electrons. The molecule has 0 unspecified atom stereocenters. The number of nitro groups is 1. The first-order valence-corrected chi connectivity index (χ1v) is 8.13. The molecule has 0 aromatic heterocycles. The SMILES string of the molecule is C[C@@H]1CN(S(=O)(=O)c2cc([N+](=O)[O-])ccc2Cl)C[C@@H](C)O1. The normalized spacial score (nSPS) is 24.0. The van der Waals surface area contributed by atoms with Crippen molar-refractivity contribution in [2.45, 2.75) is 31.0 Å². The Bertz CT molecular complexity index is 654. The zero-order valence-corrected chi connectivity index (χ0v) is 13.1. The molecule has 2 atom stereocenters. The number of morpholine rings is 1. The molecule has 1 saturated heterocycles. The van der Waals surface area contributed by atoms with Gasteiger partial charge in [0.15, 0.2) is 0 Å². The van der Waals surface area contributed by atoms with Crippen molar-refractivity contribution in [3.63, 3.8) is 0 Å². The van der Waals surface area contributed by atoms with Gasteiger partial charge in [-0.25, -0.2) is 8.42 Å². The number of hydrogen-bond donors (Lipinski definition) is 0. The monoisotopic (exact) mass is 334 g/mol. The molecule has 0 spiro atoms. The maximum atomic E-state index is 12.6. The Hall–Kier alpha value is -1.22. The summed E-state index contributed by atoms with van der Waals surface area (Å²) in [5.41, 5.74) is -0.313. The van der Waals surface area contributed by atoms with E-state index in [9.17, 15) is 18.5 Å². The predicted octanol–water partition coefficient (Wildman–Crippen LogP) is 2.05. The molecule has 0 bridgehead atoms. The number of non-ortho nitro benzene ring substituents is 1. The van der Waals surface area contributed by atoms with Crippen molar-refractivity contribution in [2.75, 3.05) is 13.1 Å². The maximum absolute atomic E-state index is 12.6. The van der Waals surface area contributed by atoms with Crippen LogP contribution in [0.25, 0.3) is 0 Å². The van der Waals surface area contributed by atoms with Crippen LogP contribution in [0.15, 0.2) is 23.1 Å². The number of halogens is 1. The van der Waals surface area contributed by atoms with Crippen molar-refractivity contribution in [1.82, 2.24) is 4.31 Å². The van der Waals surface area contributed by atoms with E-state index in [0.29, 0.717) is 0 Å². The van der Waals surface area contributed by atoms with Gasteiger partial charge in [-0.05, 0) is 19.9 Å². The third-order valence-electron chi connectivity index (χ3n) is 3.13. The van der Waals surface area contributed by atoms with Gasteiger partial charge in [0.1, 0.15) is 4.90 Å². The number of hydrogen-bond acceptors (Lipinski definition) is 5. The third-order valence-corrected chi connectivity index (χ3v) is 5.44. The summed E-state index contributed by atoms with van der Waals surface area (Å²) in [5, 5.41) is 10.8. The van der Waals surface area contributed by atoms with E-state index in [1.165, 1.54) is 16.4 Å². The molecular weight excluding hydrogens is 320 g/mol. The van der Waals surface area contributed by atoms with Crippen molar-refractivity contribution >= 4 is 27.3 Å². The lowest BCUT2D eigenvalue weighted by atomic mass is 10.3. The average Bonchev–Trinajstić information content (AvgIpc) is 2.37. The molecule has 1 aromatic rings. The number of sulfonamides is 1. The van der Waals surface area contributed by atoms with Crippen molar-refractivity contribution in [2.24, 2.45) is 0 Å². The smallest absolute Gasteiger partial charge is 0.270 e. The van der Waals surface area contributed by atoms with E-state index in [-0.39, 0.29) is 40.9 Å². The molecule has 2 rings (SSSR count). The summed E-state index contributed by atoms with van der Waals surface area (Å²) in [7, 11) is -3.90. The molecule has 21 heavy (non-hydrogen) atoms. The second-order valence-electron chi connectivity index (χ2n) is 4.95. The summed E-state index contributed by atoms with van der Waals surface area (Å²) in [6.07, 6.45) is -0.498. The fraction of sp³-hybridized carbons (Fsp3) is 0.500. The highest BCUT2D eigenvalue weighted by Gasteiger charge is 2.34. The highest BCUT2D eigenvalue weighted by Crippen LogP contribution is 2.30. The Morgan fingerprint density at radius 3 is 2.43 bits per heavy atom. The molecule has 7 nitrogen and oxygen atoms in total. The van der Waals surface area contributed by atoms with E-state index >= 15 is 0 Å². The van der Waals surface area contributed by atoms with Crippen molar-refractivity contribution < 1.29 is 18.1 Å². The van der Waals surface area contributed by atoms with Crippen LogP contribution in [0, 0.1) is 10.1 Å². The van der Waals surface area contributed by atoms with Crippen LogP contribution in [0.2, 0.25) is 5.02 Å². The second kappa shape index (κ2) is 5.88.